The number of cyclic esters (lactones) is 1. The molecule has 1 unspecified atom stereocenters. The summed E-state index contributed by atoms with van der Waals surface area (Å²) in [7, 11) is -2.21. The maximum absolute atomic E-state index is 13.6. The molecule has 0 spiro atoms. The molecule has 3 rings (SSSR count). The topological polar surface area (TPSA) is 118 Å². The molecule has 1 heterocycles. The molecule has 1 N–H and O–H groups in total. The Balaban J connectivity index is 1.81. The van der Waals surface area contributed by atoms with E-state index >= 15 is 0 Å². The van der Waals surface area contributed by atoms with E-state index < -0.39 is 19.5 Å². The Morgan fingerprint density at radius 2 is 1.97 bits per heavy atom. The first-order valence-corrected chi connectivity index (χ1v) is 13.3. The summed E-state index contributed by atoms with van der Waals surface area (Å²) in [5.41, 5.74) is 2.56. The summed E-state index contributed by atoms with van der Waals surface area (Å²) in [6, 6.07) is 8.62. The van der Waals surface area contributed by atoms with Gasteiger partial charge in [0.25, 0.3) is 0 Å². The lowest BCUT2D eigenvalue weighted by Gasteiger charge is -2.20. The fourth-order valence-electron chi connectivity index (χ4n) is 3.92. The van der Waals surface area contributed by atoms with E-state index in [0.717, 1.165) is 5.56 Å². The van der Waals surface area contributed by atoms with E-state index in [9.17, 15) is 19.3 Å². The smallest absolute Gasteiger partial charge is 0.383 e. The molecule has 9 nitrogen and oxygen atoms in total. The Morgan fingerprint density at radius 1 is 1.25 bits per heavy atom. The second-order valence-corrected chi connectivity index (χ2v) is 10.2. The summed E-state index contributed by atoms with van der Waals surface area (Å²) in [6.45, 7) is 5.47. The van der Waals surface area contributed by atoms with Gasteiger partial charge in [-0.2, -0.15) is 0 Å². The van der Waals surface area contributed by atoms with Gasteiger partial charge in [0.2, 0.25) is 0 Å². The number of phenols is 1. The Hall–Kier alpha value is -3.29. The molecular weight excluding hydrogens is 487 g/mol. The van der Waals surface area contributed by atoms with Crippen LogP contribution in [0.4, 0.5) is 0 Å². The van der Waals surface area contributed by atoms with E-state index in [1.54, 1.807) is 57.2 Å². The SMILES string of the molecule is CCOC(=O)CCOP(=O)(CC(C)=CCc1c(O)c2c(c(C)c1OC)COC2=O)Oc1ccccc1. The number of fused-ring (bicyclic) bond motifs is 1. The van der Waals surface area contributed by atoms with Gasteiger partial charge in [0, 0.05) is 11.1 Å². The molecule has 1 aliphatic rings. The number of methoxy groups -OCH3 is 1. The number of para-hydroxylation sites is 1. The first kappa shape index (κ1) is 27.3. The largest absolute Gasteiger partial charge is 0.507 e. The first-order valence-electron chi connectivity index (χ1n) is 11.6. The number of carbonyl (C=O) groups excluding carboxylic acids is 2. The van der Waals surface area contributed by atoms with Crippen LogP contribution in [0, 0.1) is 6.92 Å². The standard InChI is InChI=1S/C26H31O9P/c1-5-32-22(27)13-14-34-36(30,35-19-9-7-6-8-10-19)16-17(2)11-12-20-24(28)23-21(15-33-26(23)29)18(3)25(20)31-4/h6-11,28H,5,12-16H2,1-4H3. The van der Waals surface area contributed by atoms with Gasteiger partial charge in [0.1, 0.15) is 29.4 Å². The molecule has 0 bridgehead atoms. The number of aromatic hydroxyl groups is 1. The van der Waals surface area contributed by atoms with E-state index in [1.807, 2.05) is 0 Å². The van der Waals surface area contributed by atoms with Crippen molar-refractivity contribution < 1.29 is 42.5 Å². The molecule has 2 aromatic carbocycles. The Bertz CT molecular complexity index is 1190. The number of phenolic OH excluding ortho intramolecular Hbond substituents is 1. The van der Waals surface area contributed by atoms with Crippen LogP contribution in [-0.2, 0) is 36.4 Å². The van der Waals surface area contributed by atoms with Gasteiger partial charge in [0.15, 0.2) is 0 Å². The number of benzene rings is 2. The Kier molecular flexibility index (Phi) is 9.18. The van der Waals surface area contributed by atoms with E-state index in [1.165, 1.54) is 7.11 Å². The highest BCUT2D eigenvalue weighted by Crippen LogP contribution is 2.50. The molecule has 1 atom stereocenters. The third-order valence-electron chi connectivity index (χ3n) is 5.63. The van der Waals surface area contributed by atoms with Gasteiger partial charge in [0.05, 0.1) is 32.9 Å². The number of hydrogen-bond acceptors (Lipinski definition) is 9. The molecule has 36 heavy (non-hydrogen) atoms. The summed E-state index contributed by atoms with van der Waals surface area (Å²) >= 11 is 0. The molecule has 0 saturated heterocycles. The highest BCUT2D eigenvalue weighted by molar-refractivity contribution is 7.54. The summed E-state index contributed by atoms with van der Waals surface area (Å²) < 4.78 is 40.4. The van der Waals surface area contributed by atoms with E-state index in [0.29, 0.717) is 28.2 Å². The van der Waals surface area contributed by atoms with Crippen molar-refractivity contribution in [2.24, 2.45) is 0 Å². The Labute approximate surface area is 210 Å². The average molecular weight is 518 g/mol. The lowest BCUT2D eigenvalue weighted by atomic mass is 9.95. The number of hydrogen-bond donors (Lipinski definition) is 1. The van der Waals surface area contributed by atoms with E-state index in [4.69, 9.17) is 23.3 Å². The minimum atomic E-state index is -3.70. The van der Waals surface area contributed by atoms with E-state index in [-0.39, 0.29) is 50.1 Å². The molecule has 0 aromatic heterocycles. The number of ether oxygens (including phenoxy) is 3. The fourth-order valence-corrected chi connectivity index (χ4v) is 5.68. The zero-order valence-electron chi connectivity index (χ0n) is 20.9. The van der Waals surface area contributed by atoms with Crippen molar-refractivity contribution in [3.63, 3.8) is 0 Å². The third-order valence-corrected chi connectivity index (χ3v) is 7.58. The second kappa shape index (κ2) is 12.1. The van der Waals surface area contributed by atoms with Gasteiger partial charge >= 0.3 is 19.5 Å². The first-order chi connectivity index (χ1) is 17.2. The van der Waals surface area contributed by atoms with Crippen LogP contribution in [0.3, 0.4) is 0 Å². The fraction of sp³-hybridized carbons (Fsp3) is 0.385. The predicted octanol–water partition coefficient (Wildman–Crippen LogP) is 5.11. The van der Waals surface area contributed by atoms with Crippen molar-refractivity contribution >= 4 is 19.5 Å². The zero-order chi connectivity index (χ0) is 26.3. The van der Waals surface area contributed by atoms with Crippen molar-refractivity contribution in [3.8, 4) is 17.2 Å². The molecule has 10 heteroatoms. The van der Waals surface area contributed by atoms with Crippen LogP contribution in [0.15, 0.2) is 42.0 Å². The van der Waals surface area contributed by atoms with Gasteiger partial charge in [-0.05, 0) is 44.9 Å². The molecular formula is C26H31O9P. The Morgan fingerprint density at radius 3 is 2.64 bits per heavy atom. The molecule has 0 amide bonds. The predicted molar refractivity (Wildman–Crippen MR) is 133 cm³/mol. The highest BCUT2D eigenvalue weighted by Gasteiger charge is 2.32. The van der Waals surface area contributed by atoms with Gasteiger partial charge in [-0.15, -0.1) is 0 Å². The van der Waals surface area contributed by atoms with Gasteiger partial charge in [-0.1, -0.05) is 29.8 Å². The third kappa shape index (κ3) is 6.47. The van der Waals surface area contributed by atoms with Crippen molar-refractivity contribution in [1.29, 1.82) is 0 Å². The number of carbonyl (C=O) groups is 2. The van der Waals surface area contributed by atoms with Crippen LogP contribution >= 0.6 is 7.60 Å². The van der Waals surface area contributed by atoms with Crippen molar-refractivity contribution in [3.05, 3.63) is 64.2 Å². The maximum Gasteiger partial charge on any atom is 0.383 e. The van der Waals surface area contributed by atoms with E-state index in [2.05, 4.69) is 0 Å². The van der Waals surface area contributed by atoms with Gasteiger partial charge in [-0.25, -0.2) is 9.36 Å². The van der Waals surface area contributed by atoms with Crippen LogP contribution < -0.4 is 9.26 Å². The van der Waals surface area contributed by atoms with Crippen molar-refractivity contribution in [2.75, 3.05) is 26.5 Å². The van der Waals surface area contributed by atoms with Crippen LogP contribution in [0.5, 0.6) is 17.2 Å². The molecule has 0 radical (unpaired) electrons. The van der Waals surface area contributed by atoms with Gasteiger partial charge < -0.3 is 23.8 Å². The summed E-state index contributed by atoms with van der Waals surface area (Å²) in [6.07, 6.45) is 1.85. The lowest BCUT2D eigenvalue weighted by molar-refractivity contribution is -0.143. The second-order valence-electron chi connectivity index (χ2n) is 8.23. The molecule has 0 fully saturated rings. The van der Waals surface area contributed by atoms with Crippen LogP contribution in [0.25, 0.3) is 0 Å². The minimum absolute atomic E-state index is 0.0558. The monoisotopic (exact) mass is 518 g/mol. The molecule has 194 valence electrons. The molecule has 0 aliphatic carbocycles. The summed E-state index contributed by atoms with van der Waals surface area (Å²) in [5, 5.41) is 10.8. The lowest BCUT2D eigenvalue weighted by Crippen LogP contribution is -2.10. The van der Waals surface area contributed by atoms with Crippen LogP contribution in [-0.4, -0.2) is 43.5 Å². The number of rotatable bonds is 12. The number of esters is 2. The highest BCUT2D eigenvalue weighted by atomic mass is 31.2. The zero-order valence-corrected chi connectivity index (χ0v) is 21.8. The molecule has 0 saturated carbocycles. The summed E-state index contributed by atoms with van der Waals surface area (Å²) in [5.74, 6) is -0.386. The summed E-state index contributed by atoms with van der Waals surface area (Å²) in [4.78, 5) is 23.8. The average Bonchev–Trinajstić information content (AvgIpc) is 3.23. The molecule has 1 aliphatic heterocycles. The normalized spacial score (nSPS) is 14.6. The van der Waals surface area contributed by atoms with Crippen LogP contribution in [0.2, 0.25) is 0 Å². The van der Waals surface area contributed by atoms with Crippen LogP contribution in [0.1, 0.15) is 47.3 Å². The van der Waals surface area contributed by atoms with Crippen molar-refractivity contribution in [2.45, 2.75) is 40.2 Å². The minimum Gasteiger partial charge on any atom is -0.507 e. The number of allylic oxidation sites excluding steroid dienone is 2. The maximum atomic E-state index is 13.6. The molecule has 2 aromatic rings. The quantitative estimate of drug-likeness (QED) is 0.232. The van der Waals surface area contributed by atoms with Crippen molar-refractivity contribution in [1.82, 2.24) is 0 Å². The van der Waals surface area contributed by atoms with Gasteiger partial charge in [-0.3, -0.25) is 9.32 Å².